The Kier molecular flexibility index (Phi) is 10.1. The summed E-state index contributed by atoms with van der Waals surface area (Å²) in [6.45, 7) is 11.2. The number of carbonyl (C=O) groups excluding carboxylic acids is 1. The molecule has 0 N–H and O–H groups in total. The fraction of sp³-hybridized carbons (Fsp3) is 0.750. The monoisotopic (exact) mass is 258 g/mol. The first-order valence-electron chi connectivity index (χ1n) is 5.97. The molecule has 0 bridgehead atoms. The van der Waals surface area contributed by atoms with Gasteiger partial charge in [0.1, 0.15) is 15.4 Å². The predicted molar refractivity (Wildman–Crippen MR) is 68.0 cm³/mol. The lowest BCUT2D eigenvalue weighted by Gasteiger charge is -2.16. The molecule has 0 amide bonds. The Hall–Kier alpha value is -0.653. The van der Waals surface area contributed by atoms with Gasteiger partial charge in [0.05, 0.1) is 6.61 Å². The van der Waals surface area contributed by atoms with Crippen LogP contribution in [0.3, 0.4) is 0 Å². The molecule has 2 radical (unpaired) electrons. The Morgan fingerprint density at radius 3 is 2.29 bits per heavy atom. The van der Waals surface area contributed by atoms with Crippen molar-refractivity contribution in [1.29, 1.82) is 0 Å². The van der Waals surface area contributed by atoms with Gasteiger partial charge >= 0.3 is 5.97 Å². The highest BCUT2D eigenvalue weighted by Crippen LogP contribution is 2.05. The van der Waals surface area contributed by atoms with Crippen molar-refractivity contribution in [3.8, 4) is 0 Å². The highest BCUT2D eigenvalue weighted by Gasteiger charge is 2.14. The average Bonchev–Trinajstić information content (AvgIpc) is 2.33. The average molecular weight is 258 g/mol. The number of esters is 1. The zero-order valence-electron chi connectivity index (χ0n) is 11.0. The van der Waals surface area contributed by atoms with Crippen LogP contribution < -0.4 is 0 Å². The first-order chi connectivity index (χ1) is 8.15. The highest BCUT2D eigenvalue weighted by atomic mass is 28.2. The second-order valence-corrected chi connectivity index (χ2v) is 4.60. The molecule has 0 unspecified atom stereocenters. The molecule has 0 spiro atoms. The van der Waals surface area contributed by atoms with Crippen molar-refractivity contribution in [3.05, 3.63) is 12.2 Å². The van der Waals surface area contributed by atoms with Crippen molar-refractivity contribution < 1.29 is 19.0 Å². The van der Waals surface area contributed by atoms with E-state index < -0.39 is 0 Å². The molecule has 0 atom stereocenters. The maximum absolute atomic E-state index is 11.4. The second kappa shape index (κ2) is 10.5. The van der Waals surface area contributed by atoms with E-state index in [2.05, 4.69) is 6.58 Å². The Morgan fingerprint density at radius 2 is 1.82 bits per heavy atom. The van der Waals surface area contributed by atoms with Gasteiger partial charge in [-0.25, -0.2) is 4.79 Å². The summed E-state index contributed by atoms with van der Waals surface area (Å²) < 4.78 is 15.8. The molecule has 0 aromatic heterocycles. The van der Waals surface area contributed by atoms with Crippen LogP contribution in [0.1, 0.15) is 27.2 Å². The number of carbonyl (C=O) groups is 1. The van der Waals surface area contributed by atoms with Crippen LogP contribution in [-0.2, 0) is 19.0 Å². The molecule has 98 valence electrons. The van der Waals surface area contributed by atoms with E-state index in [0.29, 0.717) is 41.0 Å². The Morgan fingerprint density at radius 1 is 1.24 bits per heavy atom. The van der Waals surface area contributed by atoms with Gasteiger partial charge in [0, 0.05) is 18.8 Å². The first kappa shape index (κ1) is 16.3. The van der Waals surface area contributed by atoms with Crippen molar-refractivity contribution in [1.82, 2.24) is 0 Å². The molecule has 0 rings (SSSR count). The van der Waals surface area contributed by atoms with Crippen LogP contribution in [0.15, 0.2) is 12.2 Å². The summed E-state index contributed by atoms with van der Waals surface area (Å²) in [6.07, 6.45) is 0.821. The van der Waals surface area contributed by atoms with E-state index in [1.165, 1.54) is 0 Å². The number of ether oxygens (including phenoxy) is 3. The van der Waals surface area contributed by atoms with E-state index in [-0.39, 0.29) is 11.9 Å². The third kappa shape index (κ3) is 8.12. The van der Waals surface area contributed by atoms with Gasteiger partial charge in [-0.2, -0.15) is 0 Å². The van der Waals surface area contributed by atoms with E-state index in [0.717, 1.165) is 6.42 Å². The molecule has 0 aliphatic carbocycles. The lowest BCUT2D eigenvalue weighted by molar-refractivity contribution is -0.138. The zero-order valence-corrected chi connectivity index (χ0v) is 12.0. The van der Waals surface area contributed by atoms with Gasteiger partial charge in [-0.3, -0.25) is 0 Å². The maximum atomic E-state index is 11.4. The highest BCUT2D eigenvalue weighted by molar-refractivity contribution is 6.38. The fourth-order valence-electron chi connectivity index (χ4n) is 1.04. The second-order valence-electron chi connectivity index (χ2n) is 3.36. The summed E-state index contributed by atoms with van der Waals surface area (Å²) in [5.41, 5.74) is 0.487. The minimum absolute atomic E-state index is 0.235. The van der Waals surface area contributed by atoms with Crippen LogP contribution in [0.25, 0.3) is 0 Å². The zero-order chi connectivity index (χ0) is 13.1. The Labute approximate surface area is 106 Å². The summed E-state index contributed by atoms with van der Waals surface area (Å²) in [4.78, 5) is 11.4. The van der Waals surface area contributed by atoms with Crippen molar-refractivity contribution in [2.75, 3.05) is 19.8 Å². The standard InChI is InChI=1S/C12H22O4Si/c1-5-8-16-11(13)10(4)9-17-12(14-6-2)15-7-3/h12H,4-9H2,1-3H3. The molecule has 17 heavy (non-hydrogen) atoms. The topological polar surface area (TPSA) is 44.8 Å². The molecular formula is C12H22O4Si. The van der Waals surface area contributed by atoms with Gasteiger partial charge in [0.15, 0.2) is 0 Å². The van der Waals surface area contributed by atoms with Crippen LogP contribution in [0.4, 0.5) is 0 Å². The van der Waals surface area contributed by atoms with Gasteiger partial charge in [0.2, 0.25) is 0 Å². The summed E-state index contributed by atoms with van der Waals surface area (Å²) in [5.74, 6) is -0.549. The minimum atomic E-state index is -0.314. The number of hydrogen-bond donors (Lipinski definition) is 0. The lowest BCUT2D eigenvalue weighted by Crippen LogP contribution is -2.25. The molecule has 0 saturated heterocycles. The van der Waals surface area contributed by atoms with Crippen LogP contribution in [0.2, 0.25) is 6.04 Å². The van der Waals surface area contributed by atoms with E-state index in [4.69, 9.17) is 14.2 Å². The van der Waals surface area contributed by atoms with Crippen molar-refractivity contribution in [3.63, 3.8) is 0 Å². The smallest absolute Gasteiger partial charge is 0.333 e. The van der Waals surface area contributed by atoms with Crippen LogP contribution in [-0.4, -0.2) is 41.2 Å². The van der Waals surface area contributed by atoms with Gasteiger partial charge < -0.3 is 14.2 Å². The van der Waals surface area contributed by atoms with E-state index in [9.17, 15) is 4.79 Å². The maximum Gasteiger partial charge on any atom is 0.333 e. The van der Waals surface area contributed by atoms with Gasteiger partial charge in [-0.05, 0) is 26.3 Å². The third-order valence-electron chi connectivity index (χ3n) is 1.84. The van der Waals surface area contributed by atoms with E-state index in [1.807, 2.05) is 20.8 Å². The Bertz CT molecular complexity index is 225. The van der Waals surface area contributed by atoms with Crippen molar-refractivity contribution >= 4 is 15.5 Å². The fourth-order valence-corrected chi connectivity index (χ4v) is 2.17. The normalized spacial score (nSPS) is 10.6. The molecule has 0 saturated carbocycles. The summed E-state index contributed by atoms with van der Waals surface area (Å²) in [7, 11) is 0.370. The molecule has 0 aromatic rings. The van der Waals surface area contributed by atoms with Crippen molar-refractivity contribution in [2.24, 2.45) is 0 Å². The summed E-state index contributed by atoms with van der Waals surface area (Å²) in [5, 5.41) is 0. The van der Waals surface area contributed by atoms with Gasteiger partial charge in [-0.15, -0.1) is 0 Å². The van der Waals surface area contributed by atoms with E-state index >= 15 is 0 Å². The molecule has 5 heteroatoms. The summed E-state index contributed by atoms with van der Waals surface area (Å²) >= 11 is 0. The van der Waals surface area contributed by atoms with Gasteiger partial charge in [0.25, 0.3) is 0 Å². The van der Waals surface area contributed by atoms with Crippen molar-refractivity contribution in [2.45, 2.75) is 39.1 Å². The van der Waals surface area contributed by atoms with Crippen LogP contribution >= 0.6 is 0 Å². The lowest BCUT2D eigenvalue weighted by atomic mass is 10.3. The molecule has 0 fully saturated rings. The van der Waals surface area contributed by atoms with Gasteiger partial charge in [-0.1, -0.05) is 13.5 Å². The molecule has 0 aromatic carbocycles. The van der Waals surface area contributed by atoms with Crippen LogP contribution in [0.5, 0.6) is 0 Å². The summed E-state index contributed by atoms with van der Waals surface area (Å²) in [6, 6.07) is 0.563. The Balaban J connectivity index is 3.89. The largest absolute Gasteiger partial charge is 0.462 e. The molecular weight excluding hydrogens is 236 g/mol. The molecule has 4 nitrogen and oxygen atoms in total. The first-order valence-corrected chi connectivity index (χ1v) is 7.25. The number of rotatable bonds is 10. The quantitative estimate of drug-likeness (QED) is 0.260. The molecule has 0 aliphatic heterocycles. The predicted octanol–water partition coefficient (Wildman–Crippen LogP) is 1.97. The minimum Gasteiger partial charge on any atom is -0.462 e. The third-order valence-corrected chi connectivity index (χ3v) is 3.14. The number of hydrogen-bond acceptors (Lipinski definition) is 4. The molecule has 0 aliphatic rings. The SMILES string of the molecule is C=C(C[Si]C(OCC)OCC)C(=O)OCCC. The van der Waals surface area contributed by atoms with Crippen LogP contribution in [0, 0.1) is 0 Å². The molecule has 0 heterocycles. The van der Waals surface area contributed by atoms with E-state index in [1.54, 1.807) is 0 Å².